The van der Waals surface area contributed by atoms with Gasteiger partial charge in [0.05, 0.1) is 0 Å². The van der Waals surface area contributed by atoms with Gasteiger partial charge in [-0.05, 0) is 18.2 Å². The molecule has 1 aromatic rings. The maximum absolute atomic E-state index is 13.1. The van der Waals surface area contributed by atoms with E-state index < -0.39 is 5.82 Å². The van der Waals surface area contributed by atoms with Crippen molar-refractivity contribution in [1.82, 2.24) is 0 Å². The Labute approximate surface area is 84.7 Å². The molecule has 0 aliphatic rings. The molecule has 0 aliphatic carbocycles. The predicted molar refractivity (Wildman–Crippen MR) is 50.3 cm³/mol. The number of oxime groups is 1. The van der Waals surface area contributed by atoms with E-state index >= 15 is 0 Å². The van der Waals surface area contributed by atoms with E-state index in [0.717, 1.165) is 6.07 Å². The second-order valence-electron chi connectivity index (χ2n) is 2.45. The van der Waals surface area contributed by atoms with E-state index in [0.29, 0.717) is 0 Å². The number of rotatable bonds is 3. The largest absolute Gasteiger partial charge is 0.482 e. The van der Waals surface area contributed by atoms with Crippen LogP contribution < -0.4 is 10.5 Å². The first-order valence-corrected chi connectivity index (χ1v) is 4.05. The Bertz CT molecular complexity index is 357. The molecule has 1 rings (SSSR count). The molecule has 0 atom stereocenters. The molecule has 0 fully saturated rings. The molecule has 0 saturated heterocycles. The van der Waals surface area contributed by atoms with Gasteiger partial charge < -0.3 is 15.7 Å². The van der Waals surface area contributed by atoms with Crippen LogP contribution in [0.15, 0.2) is 23.4 Å². The third-order valence-electron chi connectivity index (χ3n) is 1.40. The lowest BCUT2D eigenvalue weighted by Crippen LogP contribution is -2.21. The van der Waals surface area contributed by atoms with Crippen LogP contribution in [0, 0.1) is 5.82 Å². The summed E-state index contributed by atoms with van der Waals surface area (Å²) in [5.74, 6) is -0.733. The molecule has 4 nitrogen and oxygen atoms in total. The lowest BCUT2D eigenvalue weighted by atomic mass is 10.3. The lowest BCUT2D eigenvalue weighted by molar-refractivity contribution is 0.303. The highest BCUT2D eigenvalue weighted by atomic mass is 35.5. The van der Waals surface area contributed by atoms with Gasteiger partial charge in [-0.25, -0.2) is 4.39 Å². The summed E-state index contributed by atoms with van der Waals surface area (Å²) in [7, 11) is 0. The second kappa shape index (κ2) is 4.66. The molecule has 1 aromatic carbocycles. The Morgan fingerprint density at radius 2 is 2.36 bits per heavy atom. The molecule has 0 saturated carbocycles. The van der Waals surface area contributed by atoms with Gasteiger partial charge >= 0.3 is 0 Å². The van der Waals surface area contributed by atoms with Crippen molar-refractivity contribution in [3.8, 4) is 5.75 Å². The monoisotopic (exact) mass is 218 g/mol. The van der Waals surface area contributed by atoms with Crippen molar-refractivity contribution in [2.45, 2.75) is 0 Å². The predicted octanol–water partition coefficient (Wildman–Crippen LogP) is 1.60. The van der Waals surface area contributed by atoms with Gasteiger partial charge in [-0.2, -0.15) is 0 Å². The molecule has 0 spiro atoms. The van der Waals surface area contributed by atoms with Crippen molar-refractivity contribution < 1.29 is 14.3 Å². The first kappa shape index (κ1) is 10.6. The van der Waals surface area contributed by atoms with Gasteiger partial charge in [0.15, 0.2) is 17.4 Å². The Morgan fingerprint density at radius 1 is 1.64 bits per heavy atom. The fourth-order valence-electron chi connectivity index (χ4n) is 0.773. The van der Waals surface area contributed by atoms with Crippen molar-refractivity contribution >= 4 is 17.4 Å². The van der Waals surface area contributed by atoms with E-state index in [2.05, 4.69) is 5.16 Å². The van der Waals surface area contributed by atoms with Crippen LogP contribution in [-0.2, 0) is 0 Å². The van der Waals surface area contributed by atoms with E-state index in [1.165, 1.54) is 12.1 Å². The summed E-state index contributed by atoms with van der Waals surface area (Å²) < 4.78 is 17.9. The molecule has 0 bridgehead atoms. The Balaban J connectivity index is 2.68. The zero-order chi connectivity index (χ0) is 10.6. The van der Waals surface area contributed by atoms with Crippen LogP contribution >= 0.6 is 11.6 Å². The number of halogens is 2. The molecule has 0 unspecified atom stereocenters. The smallest absolute Gasteiger partial charge is 0.177 e. The topological polar surface area (TPSA) is 67.8 Å². The number of amidine groups is 1. The maximum Gasteiger partial charge on any atom is 0.177 e. The summed E-state index contributed by atoms with van der Waals surface area (Å²) in [6, 6.07) is 3.96. The number of ether oxygens (including phenoxy) is 1. The average Bonchev–Trinajstić information content (AvgIpc) is 2.16. The third-order valence-corrected chi connectivity index (χ3v) is 1.63. The van der Waals surface area contributed by atoms with Crippen LogP contribution in [0.1, 0.15) is 0 Å². The highest BCUT2D eigenvalue weighted by Gasteiger charge is 2.04. The van der Waals surface area contributed by atoms with Gasteiger partial charge in [0.1, 0.15) is 6.61 Å². The van der Waals surface area contributed by atoms with Crippen molar-refractivity contribution in [3.05, 3.63) is 29.0 Å². The van der Waals surface area contributed by atoms with E-state index in [-0.39, 0.29) is 23.2 Å². The van der Waals surface area contributed by atoms with Crippen LogP contribution in [0.25, 0.3) is 0 Å². The van der Waals surface area contributed by atoms with Crippen molar-refractivity contribution in [2.24, 2.45) is 10.9 Å². The fourth-order valence-corrected chi connectivity index (χ4v) is 0.932. The van der Waals surface area contributed by atoms with Gasteiger partial charge in [0.25, 0.3) is 0 Å². The summed E-state index contributed by atoms with van der Waals surface area (Å²) >= 11 is 5.52. The minimum Gasteiger partial charge on any atom is -0.482 e. The normalized spacial score (nSPS) is 11.4. The lowest BCUT2D eigenvalue weighted by Gasteiger charge is -2.05. The first-order chi connectivity index (χ1) is 6.63. The highest BCUT2D eigenvalue weighted by Crippen LogP contribution is 2.20. The molecule has 0 aliphatic heterocycles. The van der Waals surface area contributed by atoms with Crippen molar-refractivity contribution in [1.29, 1.82) is 0 Å². The van der Waals surface area contributed by atoms with E-state index in [1.807, 2.05) is 0 Å². The molecule has 14 heavy (non-hydrogen) atoms. The minimum atomic E-state index is -0.594. The summed E-state index contributed by atoms with van der Waals surface area (Å²) in [6.45, 7) is -0.185. The minimum absolute atomic E-state index is 0.000926. The first-order valence-electron chi connectivity index (χ1n) is 3.67. The molecule has 3 N–H and O–H groups in total. The number of hydrogen-bond donors (Lipinski definition) is 2. The number of nitrogens with zero attached hydrogens (tertiary/aromatic N) is 1. The maximum atomic E-state index is 13.1. The van der Waals surface area contributed by atoms with Crippen LogP contribution in [0.3, 0.4) is 0 Å². The summed E-state index contributed by atoms with van der Waals surface area (Å²) in [4.78, 5) is 0. The van der Waals surface area contributed by atoms with Gasteiger partial charge in [0, 0.05) is 5.02 Å². The van der Waals surface area contributed by atoms with Crippen LogP contribution in [-0.4, -0.2) is 17.6 Å². The standard InChI is InChI=1S/C8H8ClFN2O2/c9-5-1-2-7(6(10)3-5)14-4-8(11)12-13/h1-3,13H,4H2,(H2,11,12). The molecule has 76 valence electrons. The fraction of sp³-hybridized carbons (Fsp3) is 0.125. The van der Waals surface area contributed by atoms with Gasteiger partial charge in [-0.1, -0.05) is 16.8 Å². The third kappa shape index (κ3) is 2.77. The van der Waals surface area contributed by atoms with E-state index in [1.54, 1.807) is 0 Å². The average molecular weight is 219 g/mol. The number of benzene rings is 1. The van der Waals surface area contributed by atoms with Gasteiger partial charge in [0.2, 0.25) is 0 Å². The van der Waals surface area contributed by atoms with Crippen LogP contribution in [0.5, 0.6) is 5.75 Å². The molecule has 0 radical (unpaired) electrons. The summed E-state index contributed by atoms with van der Waals surface area (Å²) in [5.41, 5.74) is 5.13. The molecule has 0 amide bonds. The van der Waals surface area contributed by atoms with Crippen LogP contribution in [0.4, 0.5) is 4.39 Å². The molecular formula is C8H8ClFN2O2. The van der Waals surface area contributed by atoms with Crippen molar-refractivity contribution in [2.75, 3.05) is 6.61 Å². The van der Waals surface area contributed by atoms with Crippen molar-refractivity contribution in [3.63, 3.8) is 0 Å². The van der Waals surface area contributed by atoms with Crippen LogP contribution in [0.2, 0.25) is 5.02 Å². The second-order valence-corrected chi connectivity index (χ2v) is 2.89. The highest BCUT2D eigenvalue weighted by molar-refractivity contribution is 6.30. The van der Waals surface area contributed by atoms with E-state index in [4.69, 9.17) is 27.3 Å². The molecule has 6 heteroatoms. The Morgan fingerprint density at radius 3 is 2.93 bits per heavy atom. The molecule has 0 aromatic heterocycles. The summed E-state index contributed by atoms with van der Waals surface area (Å²) in [5, 5.41) is 11.1. The summed E-state index contributed by atoms with van der Waals surface area (Å²) in [6.07, 6.45) is 0. The zero-order valence-electron chi connectivity index (χ0n) is 7.08. The van der Waals surface area contributed by atoms with Gasteiger partial charge in [-0.15, -0.1) is 0 Å². The van der Waals surface area contributed by atoms with E-state index in [9.17, 15) is 4.39 Å². The SMILES string of the molecule is N/C(COc1ccc(Cl)cc1F)=N/O. The quantitative estimate of drug-likeness (QED) is 0.351. The Hall–Kier alpha value is -1.49. The molecular weight excluding hydrogens is 211 g/mol. The van der Waals surface area contributed by atoms with Gasteiger partial charge in [-0.3, -0.25) is 0 Å². The number of nitrogens with two attached hydrogens (primary N) is 1. The Kier molecular flexibility index (Phi) is 3.53. The molecule has 0 heterocycles. The number of hydrogen-bond acceptors (Lipinski definition) is 3. The zero-order valence-corrected chi connectivity index (χ0v) is 7.83.